The van der Waals surface area contributed by atoms with Crippen molar-refractivity contribution in [1.29, 1.82) is 0 Å². The molecule has 104 valence electrons. The summed E-state index contributed by atoms with van der Waals surface area (Å²) in [6.45, 7) is 4.61. The van der Waals surface area contributed by atoms with Gasteiger partial charge in [-0.3, -0.25) is 0 Å². The van der Waals surface area contributed by atoms with Crippen LogP contribution in [-0.2, 0) is 16.6 Å². The number of hydrogen-bond donors (Lipinski definition) is 0. The average Bonchev–Trinajstić information content (AvgIpc) is 2.70. The van der Waals surface area contributed by atoms with E-state index in [9.17, 15) is 8.42 Å². The van der Waals surface area contributed by atoms with Crippen LogP contribution in [-0.4, -0.2) is 30.9 Å². The maximum Gasteiger partial charge on any atom is 0.214 e. The molecule has 0 aliphatic heterocycles. The smallest absolute Gasteiger partial charge is 0.212 e. The molecule has 0 bridgehead atoms. The summed E-state index contributed by atoms with van der Waals surface area (Å²) in [5, 5.41) is 0. The summed E-state index contributed by atoms with van der Waals surface area (Å²) in [6.07, 6.45) is 0. The zero-order chi connectivity index (χ0) is 13.8. The molecule has 7 heteroatoms. The van der Waals surface area contributed by atoms with E-state index in [1.807, 2.05) is 26.0 Å². The van der Waals surface area contributed by atoms with Gasteiger partial charge in [0.25, 0.3) is 0 Å². The highest BCUT2D eigenvalue weighted by Crippen LogP contribution is 2.24. The third-order valence-corrected chi connectivity index (χ3v) is 6.77. The lowest BCUT2D eigenvalue weighted by Crippen LogP contribution is -2.34. The van der Waals surface area contributed by atoms with Gasteiger partial charge in [0.15, 0.2) is 0 Å². The van der Waals surface area contributed by atoms with Crippen molar-refractivity contribution in [2.24, 2.45) is 5.92 Å². The van der Waals surface area contributed by atoms with Crippen molar-refractivity contribution in [3.05, 3.63) is 20.8 Å². The second-order valence-corrected chi connectivity index (χ2v) is 9.04. The lowest BCUT2D eigenvalue weighted by molar-refractivity contribution is 0.422. The molecule has 0 fully saturated rings. The highest BCUT2D eigenvalue weighted by molar-refractivity contribution is 9.11. The summed E-state index contributed by atoms with van der Waals surface area (Å²) in [7, 11) is -3.23. The van der Waals surface area contributed by atoms with Gasteiger partial charge in [-0.15, -0.1) is 22.9 Å². The van der Waals surface area contributed by atoms with Gasteiger partial charge in [-0.05, 0) is 34.0 Å². The Morgan fingerprint density at radius 2 is 2.17 bits per heavy atom. The van der Waals surface area contributed by atoms with E-state index in [1.165, 1.54) is 4.31 Å². The molecule has 0 N–H and O–H groups in total. The first-order valence-corrected chi connectivity index (χ1v) is 9.42. The Balaban J connectivity index is 2.76. The first-order chi connectivity index (χ1) is 8.39. The normalized spacial score (nSPS) is 14.1. The van der Waals surface area contributed by atoms with Crippen LogP contribution in [0.2, 0.25) is 0 Å². The highest BCUT2D eigenvalue weighted by atomic mass is 79.9. The molecule has 1 rings (SSSR count). The minimum absolute atomic E-state index is 0.0270. The third kappa shape index (κ3) is 4.81. The molecule has 1 aromatic rings. The minimum atomic E-state index is -3.23. The molecule has 18 heavy (non-hydrogen) atoms. The molecule has 3 nitrogen and oxygen atoms in total. The second kappa shape index (κ2) is 7.24. The fourth-order valence-electron chi connectivity index (χ4n) is 1.53. The van der Waals surface area contributed by atoms with Gasteiger partial charge < -0.3 is 0 Å². The van der Waals surface area contributed by atoms with Gasteiger partial charge in [-0.1, -0.05) is 13.8 Å². The second-order valence-electron chi connectivity index (χ2n) is 4.17. The van der Waals surface area contributed by atoms with Crippen LogP contribution in [0.5, 0.6) is 0 Å². The SMILES string of the molecule is CCN(Cc1ccc(Br)s1)S(=O)(=O)CC(C)CCl. The first-order valence-electron chi connectivity index (χ1n) is 5.67. The van der Waals surface area contributed by atoms with Gasteiger partial charge in [0.2, 0.25) is 10.0 Å². The molecule has 1 atom stereocenters. The van der Waals surface area contributed by atoms with E-state index < -0.39 is 10.0 Å². The van der Waals surface area contributed by atoms with Crippen LogP contribution in [0, 0.1) is 5.92 Å². The molecule has 1 heterocycles. The van der Waals surface area contributed by atoms with E-state index in [2.05, 4.69) is 15.9 Å². The molecule has 1 aromatic heterocycles. The van der Waals surface area contributed by atoms with Crippen LogP contribution < -0.4 is 0 Å². The Hall–Kier alpha value is 0.380. The zero-order valence-corrected chi connectivity index (χ0v) is 14.4. The molecule has 1 unspecified atom stereocenters. The molecule has 0 aromatic carbocycles. The van der Waals surface area contributed by atoms with E-state index in [0.29, 0.717) is 19.0 Å². The summed E-state index contributed by atoms with van der Waals surface area (Å²) >= 11 is 10.6. The molecule has 0 saturated heterocycles. The van der Waals surface area contributed by atoms with Crippen molar-refractivity contribution in [2.75, 3.05) is 18.2 Å². The molecular weight excluding hydrogens is 358 g/mol. The van der Waals surface area contributed by atoms with Crippen molar-refractivity contribution in [3.63, 3.8) is 0 Å². The van der Waals surface area contributed by atoms with Crippen LogP contribution in [0.25, 0.3) is 0 Å². The van der Waals surface area contributed by atoms with Gasteiger partial charge in [0.05, 0.1) is 9.54 Å². The van der Waals surface area contributed by atoms with Crippen molar-refractivity contribution >= 4 is 48.9 Å². The molecule has 0 amide bonds. The first kappa shape index (κ1) is 16.4. The Bertz CT molecular complexity index is 475. The summed E-state index contributed by atoms with van der Waals surface area (Å²) in [5.74, 6) is 0.443. The highest BCUT2D eigenvalue weighted by Gasteiger charge is 2.23. The number of nitrogens with zero attached hydrogens (tertiary/aromatic N) is 1. The minimum Gasteiger partial charge on any atom is -0.212 e. The predicted octanol–water partition coefficient (Wildman–Crippen LogP) is 3.54. The maximum atomic E-state index is 12.2. The predicted molar refractivity (Wildman–Crippen MR) is 81.8 cm³/mol. The summed E-state index contributed by atoms with van der Waals surface area (Å²) in [4.78, 5) is 1.03. The number of sulfonamides is 1. The number of hydrogen-bond acceptors (Lipinski definition) is 3. The van der Waals surface area contributed by atoms with Gasteiger partial charge in [-0.2, -0.15) is 4.31 Å². The zero-order valence-electron chi connectivity index (χ0n) is 10.4. The van der Waals surface area contributed by atoms with Gasteiger partial charge in [0, 0.05) is 23.8 Å². The topological polar surface area (TPSA) is 37.4 Å². The van der Waals surface area contributed by atoms with Crippen LogP contribution in [0.4, 0.5) is 0 Å². The Kier molecular flexibility index (Phi) is 6.61. The van der Waals surface area contributed by atoms with Crippen molar-refractivity contribution in [2.45, 2.75) is 20.4 Å². The summed E-state index contributed by atoms with van der Waals surface area (Å²) in [6, 6.07) is 3.87. The van der Waals surface area contributed by atoms with E-state index in [-0.39, 0.29) is 11.7 Å². The van der Waals surface area contributed by atoms with Crippen molar-refractivity contribution in [1.82, 2.24) is 4.31 Å². The Morgan fingerprint density at radius 3 is 2.61 bits per heavy atom. The number of thiophene rings is 1. The monoisotopic (exact) mass is 373 g/mol. The van der Waals surface area contributed by atoms with Crippen molar-refractivity contribution < 1.29 is 8.42 Å². The fraction of sp³-hybridized carbons (Fsp3) is 0.636. The van der Waals surface area contributed by atoms with Crippen LogP contribution in [0.1, 0.15) is 18.7 Å². The van der Waals surface area contributed by atoms with E-state index in [0.717, 1.165) is 8.66 Å². The lowest BCUT2D eigenvalue weighted by Gasteiger charge is -2.21. The van der Waals surface area contributed by atoms with Gasteiger partial charge >= 0.3 is 0 Å². The standard InChI is InChI=1S/C11H17BrClNO2S2/c1-3-14(7-10-4-5-11(12)17-10)18(15,16)8-9(2)6-13/h4-5,9H,3,6-8H2,1-2H3. The number of alkyl halides is 1. The van der Waals surface area contributed by atoms with E-state index >= 15 is 0 Å². The number of rotatable bonds is 7. The summed E-state index contributed by atoms with van der Waals surface area (Å²) in [5.41, 5.74) is 0. The van der Waals surface area contributed by atoms with E-state index in [1.54, 1.807) is 11.3 Å². The van der Waals surface area contributed by atoms with Gasteiger partial charge in [-0.25, -0.2) is 8.42 Å². The van der Waals surface area contributed by atoms with Crippen LogP contribution in [0.15, 0.2) is 15.9 Å². The van der Waals surface area contributed by atoms with Crippen molar-refractivity contribution in [3.8, 4) is 0 Å². The molecule has 0 saturated carbocycles. The lowest BCUT2D eigenvalue weighted by atomic mass is 10.3. The third-order valence-electron chi connectivity index (χ3n) is 2.47. The quantitative estimate of drug-likeness (QED) is 0.685. The molecule has 0 spiro atoms. The molecule has 0 aliphatic carbocycles. The largest absolute Gasteiger partial charge is 0.214 e. The molecular formula is C11H17BrClNO2S2. The number of halogens is 2. The molecule has 0 radical (unpaired) electrons. The Morgan fingerprint density at radius 1 is 1.50 bits per heavy atom. The van der Waals surface area contributed by atoms with Crippen LogP contribution >= 0.6 is 38.9 Å². The average molecular weight is 375 g/mol. The van der Waals surface area contributed by atoms with E-state index in [4.69, 9.17) is 11.6 Å². The van der Waals surface area contributed by atoms with Crippen LogP contribution in [0.3, 0.4) is 0 Å². The summed E-state index contributed by atoms with van der Waals surface area (Å²) < 4.78 is 26.9. The fourth-order valence-corrected chi connectivity index (χ4v) is 5.12. The van der Waals surface area contributed by atoms with Gasteiger partial charge in [0.1, 0.15) is 0 Å². The maximum absolute atomic E-state index is 12.2. The Labute approximate surface area is 126 Å². The molecule has 0 aliphatic rings.